The van der Waals surface area contributed by atoms with Gasteiger partial charge in [-0.25, -0.2) is 0 Å². The number of benzene rings is 2. The van der Waals surface area contributed by atoms with E-state index in [1.807, 2.05) is 36.4 Å². The van der Waals surface area contributed by atoms with E-state index in [9.17, 15) is 4.79 Å². The van der Waals surface area contributed by atoms with Crippen LogP contribution in [-0.4, -0.2) is 18.6 Å². The highest BCUT2D eigenvalue weighted by atomic mass is 16.5. The van der Waals surface area contributed by atoms with Gasteiger partial charge >= 0.3 is 0 Å². The van der Waals surface area contributed by atoms with Gasteiger partial charge in [0.15, 0.2) is 6.10 Å². The van der Waals surface area contributed by atoms with E-state index in [4.69, 9.17) is 10.00 Å². The van der Waals surface area contributed by atoms with Crippen molar-refractivity contribution in [2.24, 2.45) is 0 Å². The minimum absolute atomic E-state index is 0.239. The molecule has 0 spiro atoms. The Labute approximate surface area is 135 Å². The topological polar surface area (TPSA) is 62.1 Å². The fourth-order valence-electron chi connectivity index (χ4n) is 1.81. The lowest BCUT2D eigenvalue weighted by atomic mass is 10.2. The molecule has 0 saturated carbocycles. The van der Waals surface area contributed by atoms with Gasteiger partial charge in [0.05, 0.1) is 18.2 Å². The van der Waals surface area contributed by atoms with Crippen LogP contribution >= 0.6 is 0 Å². The predicted octanol–water partition coefficient (Wildman–Crippen LogP) is 2.49. The average Bonchev–Trinajstić information content (AvgIpc) is 2.60. The van der Waals surface area contributed by atoms with Gasteiger partial charge < -0.3 is 10.1 Å². The molecule has 4 heteroatoms. The Balaban J connectivity index is 1.81. The fourth-order valence-corrected chi connectivity index (χ4v) is 1.81. The lowest BCUT2D eigenvalue weighted by Gasteiger charge is -2.13. The highest BCUT2D eigenvalue weighted by Gasteiger charge is 2.13. The lowest BCUT2D eigenvalue weighted by Crippen LogP contribution is -2.36. The zero-order chi connectivity index (χ0) is 16.5. The summed E-state index contributed by atoms with van der Waals surface area (Å²) in [5, 5.41) is 11.4. The minimum Gasteiger partial charge on any atom is -0.481 e. The lowest BCUT2D eigenvalue weighted by molar-refractivity contribution is -0.126. The van der Waals surface area contributed by atoms with E-state index in [2.05, 4.69) is 17.2 Å². The van der Waals surface area contributed by atoms with E-state index in [-0.39, 0.29) is 12.5 Å². The Bertz CT molecular complexity index is 750. The van der Waals surface area contributed by atoms with Crippen LogP contribution in [0.1, 0.15) is 18.1 Å². The summed E-state index contributed by atoms with van der Waals surface area (Å²) in [6.45, 7) is 1.92. The fraction of sp³-hybridized carbons (Fsp3) is 0.158. The molecule has 1 N–H and O–H groups in total. The largest absolute Gasteiger partial charge is 0.481 e. The van der Waals surface area contributed by atoms with Crippen LogP contribution in [0.5, 0.6) is 5.75 Å². The molecule has 0 aliphatic rings. The summed E-state index contributed by atoms with van der Waals surface area (Å²) in [7, 11) is 0. The highest BCUT2D eigenvalue weighted by molar-refractivity contribution is 5.80. The Hall–Kier alpha value is -3.24. The zero-order valence-corrected chi connectivity index (χ0v) is 12.7. The van der Waals surface area contributed by atoms with Crippen LogP contribution in [0.3, 0.4) is 0 Å². The predicted molar refractivity (Wildman–Crippen MR) is 87.6 cm³/mol. The van der Waals surface area contributed by atoms with Gasteiger partial charge in [-0.1, -0.05) is 30.0 Å². The second-order valence-electron chi connectivity index (χ2n) is 4.78. The van der Waals surface area contributed by atoms with Crippen molar-refractivity contribution in [1.29, 1.82) is 5.26 Å². The molecule has 4 nitrogen and oxygen atoms in total. The highest BCUT2D eigenvalue weighted by Crippen LogP contribution is 2.13. The second-order valence-corrected chi connectivity index (χ2v) is 4.78. The summed E-state index contributed by atoms with van der Waals surface area (Å²) in [6, 6.07) is 18.2. The number of carbonyl (C=O) groups excluding carboxylic acids is 1. The first-order valence-corrected chi connectivity index (χ1v) is 7.17. The molecule has 2 rings (SSSR count). The van der Waals surface area contributed by atoms with E-state index < -0.39 is 6.10 Å². The van der Waals surface area contributed by atoms with Crippen LogP contribution in [0.15, 0.2) is 54.6 Å². The Kier molecular flexibility index (Phi) is 5.80. The molecule has 0 aliphatic heterocycles. The van der Waals surface area contributed by atoms with E-state index in [0.29, 0.717) is 11.3 Å². The van der Waals surface area contributed by atoms with Crippen LogP contribution in [-0.2, 0) is 4.79 Å². The van der Waals surface area contributed by atoms with Gasteiger partial charge in [-0.05, 0) is 43.3 Å². The van der Waals surface area contributed by atoms with Gasteiger partial charge in [-0.2, -0.15) is 5.26 Å². The molecule has 23 heavy (non-hydrogen) atoms. The van der Waals surface area contributed by atoms with Gasteiger partial charge in [0.2, 0.25) is 0 Å². The molecular formula is C19H16N2O2. The number of amides is 1. The van der Waals surface area contributed by atoms with Crippen molar-refractivity contribution in [1.82, 2.24) is 5.32 Å². The zero-order valence-electron chi connectivity index (χ0n) is 12.7. The SMILES string of the molecule is C[C@H](Oc1ccc(C#N)cc1)C(=O)NCC#Cc1ccccc1. The number of carbonyl (C=O) groups is 1. The third-order valence-electron chi connectivity index (χ3n) is 3.02. The van der Waals surface area contributed by atoms with Crippen LogP contribution in [0.2, 0.25) is 0 Å². The normalized spacial score (nSPS) is 10.6. The van der Waals surface area contributed by atoms with E-state index in [1.165, 1.54) is 0 Å². The van der Waals surface area contributed by atoms with Crippen LogP contribution in [0, 0.1) is 23.2 Å². The average molecular weight is 304 g/mol. The molecular weight excluding hydrogens is 288 g/mol. The minimum atomic E-state index is -0.638. The smallest absolute Gasteiger partial charge is 0.261 e. The molecule has 2 aromatic rings. The third kappa shape index (κ3) is 5.22. The van der Waals surface area contributed by atoms with Crippen molar-refractivity contribution >= 4 is 5.91 Å². The van der Waals surface area contributed by atoms with Crippen LogP contribution in [0.25, 0.3) is 0 Å². The first-order chi connectivity index (χ1) is 11.2. The van der Waals surface area contributed by atoms with Crippen molar-refractivity contribution in [2.75, 3.05) is 6.54 Å². The molecule has 0 bridgehead atoms. The Morgan fingerprint density at radius 3 is 2.48 bits per heavy atom. The molecule has 0 unspecified atom stereocenters. The molecule has 114 valence electrons. The second kappa shape index (κ2) is 8.26. The number of nitriles is 1. The Morgan fingerprint density at radius 1 is 1.13 bits per heavy atom. The number of hydrogen-bond donors (Lipinski definition) is 1. The van der Waals surface area contributed by atoms with Crippen molar-refractivity contribution in [3.63, 3.8) is 0 Å². The summed E-state index contributed by atoms with van der Waals surface area (Å²) in [5.74, 6) is 6.16. The Morgan fingerprint density at radius 2 is 1.83 bits per heavy atom. The maximum Gasteiger partial charge on any atom is 0.261 e. The van der Waals surface area contributed by atoms with Gasteiger partial charge in [0, 0.05) is 5.56 Å². The van der Waals surface area contributed by atoms with E-state index in [0.717, 1.165) is 5.56 Å². The van der Waals surface area contributed by atoms with Gasteiger partial charge in [-0.3, -0.25) is 4.79 Å². The monoisotopic (exact) mass is 304 g/mol. The van der Waals surface area contributed by atoms with Crippen LogP contribution < -0.4 is 10.1 Å². The molecule has 0 heterocycles. The third-order valence-corrected chi connectivity index (χ3v) is 3.02. The van der Waals surface area contributed by atoms with Gasteiger partial charge in [-0.15, -0.1) is 0 Å². The molecule has 0 fully saturated rings. The molecule has 0 aromatic heterocycles. The van der Waals surface area contributed by atoms with Gasteiger partial charge in [0.1, 0.15) is 5.75 Å². The summed E-state index contributed by atoms with van der Waals surface area (Å²) in [4.78, 5) is 11.9. The summed E-state index contributed by atoms with van der Waals surface area (Å²) in [5.41, 5.74) is 1.45. The molecule has 0 radical (unpaired) electrons. The van der Waals surface area contributed by atoms with Crippen molar-refractivity contribution < 1.29 is 9.53 Å². The molecule has 1 amide bonds. The summed E-state index contributed by atoms with van der Waals surface area (Å²) < 4.78 is 5.52. The van der Waals surface area contributed by atoms with Crippen molar-refractivity contribution in [3.8, 4) is 23.7 Å². The van der Waals surface area contributed by atoms with Crippen molar-refractivity contribution in [3.05, 3.63) is 65.7 Å². The number of nitrogens with one attached hydrogen (secondary N) is 1. The summed E-state index contributed by atoms with van der Waals surface area (Å²) >= 11 is 0. The molecule has 0 saturated heterocycles. The van der Waals surface area contributed by atoms with Crippen LogP contribution in [0.4, 0.5) is 0 Å². The van der Waals surface area contributed by atoms with Gasteiger partial charge in [0.25, 0.3) is 5.91 Å². The molecule has 0 aliphatic carbocycles. The number of ether oxygens (including phenoxy) is 1. The molecule has 2 aromatic carbocycles. The van der Waals surface area contributed by atoms with E-state index >= 15 is 0 Å². The standard InChI is InChI=1S/C19H16N2O2/c1-15(23-18-11-9-17(14-20)10-12-18)19(22)21-13-5-8-16-6-3-2-4-7-16/h2-4,6-7,9-12,15H,13H2,1H3,(H,21,22)/t15-/m0/s1. The maximum absolute atomic E-state index is 11.9. The number of hydrogen-bond acceptors (Lipinski definition) is 3. The van der Waals surface area contributed by atoms with E-state index in [1.54, 1.807) is 31.2 Å². The maximum atomic E-state index is 11.9. The quantitative estimate of drug-likeness (QED) is 0.883. The summed E-state index contributed by atoms with van der Waals surface area (Å²) in [6.07, 6.45) is -0.638. The molecule has 1 atom stereocenters. The number of rotatable bonds is 4. The first kappa shape index (κ1) is 16.1. The van der Waals surface area contributed by atoms with Crippen molar-refractivity contribution in [2.45, 2.75) is 13.0 Å². The first-order valence-electron chi connectivity index (χ1n) is 7.17. The number of nitrogens with zero attached hydrogens (tertiary/aromatic N) is 1.